The van der Waals surface area contributed by atoms with Gasteiger partial charge in [0.25, 0.3) is 5.91 Å². The maximum Gasteiger partial charge on any atom is 0.331 e. The minimum absolute atomic E-state index is 0.444. The number of para-hydroxylation sites is 2. The number of fused-ring (bicyclic) bond motifs is 1. The fourth-order valence-electron chi connectivity index (χ4n) is 2.89. The van der Waals surface area contributed by atoms with Crippen molar-refractivity contribution < 1.29 is 23.8 Å². The van der Waals surface area contributed by atoms with Gasteiger partial charge in [0.1, 0.15) is 11.5 Å². The molecule has 0 spiro atoms. The van der Waals surface area contributed by atoms with Gasteiger partial charge in [-0.3, -0.25) is 4.79 Å². The molecule has 3 aromatic carbocycles. The van der Waals surface area contributed by atoms with Crippen LogP contribution >= 0.6 is 0 Å². The molecule has 0 aromatic heterocycles. The Labute approximate surface area is 175 Å². The summed E-state index contributed by atoms with van der Waals surface area (Å²) in [7, 11) is 3.14. The lowest BCUT2D eigenvalue weighted by atomic mass is 10.1. The summed E-state index contributed by atoms with van der Waals surface area (Å²) in [5.74, 6) is 0.265. The number of carbonyl (C=O) groups excluding carboxylic acids is 2. The molecular weight excluding hydrogens is 382 g/mol. The standard InChI is InChI=1S/C24H23NO5/c1-16(24(27)25-21-6-4-5-7-22(21)29-3)30-23(26)13-9-17-8-10-19-15-20(28-2)12-11-18(19)14-17/h4-16H,1-3H3,(H,25,27)/b13-9+/t16-/m0/s1. The minimum atomic E-state index is -0.962. The zero-order chi connectivity index (χ0) is 21.5. The second-order valence-corrected chi connectivity index (χ2v) is 6.57. The lowest BCUT2D eigenvalue weighted by Crippen LogP contribution is -2.29. The quantitative estimate of drug-likeness (QED) is 0.465. The fraction of sp³-hybridized carbons (Fsp3) is 0.167. The maximum atomic E-state index is 12.3. The fourth-order valence-corrected chi connectivity index (χ4v) is 2.89. The average Bonchev–Trinajstić information content (AvgIpc) is 2.77. The highest BCUT2D eigenvalue weighted by molar-refractivity contribution is 5.97. The van der Waals surface area contributed by atoms with Crippen LogP contribution in [0.4, 0.5) is 5.69 Å². The molecule has 0 aliphatic carbocycles. The first-order valence-electron chi connectivity index (χ1n) is 9.40. The number of carbonyl (C=O) groups is 2. The van der Waals surface area contributed by atoms with E-state index in [1.165, 1.54) is 20.1 Å². The summed E-state index contributed by atoms with van der Waals surface area (Å²) in [5, 5.41) is 4.76. The van der Waals surface area contributed by atoms with Crippen molar-refractivity contribution in [2.45, 2.75) is 13.0 Å². The number of ether oxygens (including phenoxy) is 3. The number of anilines is 1. The van der Waals surface area contributed by atoms with Crippen LogP contribution < -0.4 is 14.8 Å². The van der Waals surface area contributed by atoms with E-state index in [2.05, 4.69) is 5.32 Å². The largest absolute Gasteiger partial charge is 0.497 e. The van der Waals surface area contributed by atoms with Crippen LogP contribution in [-0.4, -0.2) is 32.2 Å². The predicted molar refractivity (Wildman–Crippen MR) is 117 cm³/mol. The summed E-state index contributed by atoms with van der Waals surface area (Å²) in [4.78, 5) is 24.4. The van der Waals surface area contributed by atoms with Gasteiger partial charge in [-0.15, -0.1) is 0 Å². The first-order valence-corrected chi connectivity index (χ1v) is 9.40. The van der Waals surface area contributed by atoms with Gasteiger partial charge in [0.15, 0.2) is 6.10 Å². The first-order chi connectivity index (χ1) is 14.5. The molecule has 0 unspecified atom stereocenters. The molecule has 0 aliphatic heterocycles. The minimum Gasteiger partial charge on any atom is -0.497 e. The molecule has 3 rings (SSSR count). The van der Waals surface area contributed by atoms with Gasteiger partial charge in [-0.25, -0.2) is 4.79 Å². The predicted octanol–water partition coefficient (Wildman–Crippen LogP) is 4.44. The maximum absolute atomic E-state index is 12.3. The zero-order valence-corrected chi connectivity index (χ0v) is 17.0. The SMILES string of the molecule is COc1ccc2cc(/C=C/C(=O)O[C@@H](C)C(=O)Nc3ccccc3OC)ccc2c1. The second-order valence-electron chi connectivity index (χ2n) is 6.57. The normalized spacial score (nSPS) is 11.8. The summed E-state index contributed by atoms with van der Waals surface area (Å²) < 4.78 is 15.6. The van der Waals surface area contributed by atoms with Crippen LogP contribution in [0.15, 0.2) is 66.7 Å². The first kappa shape index (κ1) is 20.9. The highest BCUT2D eigenvalue weighted by Crippen LogP contribution is 2.24. The molecular formula is C24H23NO5. The Balaban J connectivity index is 1.60. The van der Waals surface area contributed by atoms with Crippen LogP contribution in [0.5, 0.6) is 11.5 Å². The van der Waals surface area contributed by atoms with E-state index in [0.29, 0.717) is 11.4 Å². The number of nitrogens with one attached hydrogen (secondary N) is 1. The van der Waals surface area contributed by atoms with Gasteiger partial charge < -0.3 is 19.5 Å². The lowest BCUT2D eigenvalue weighted by molar-refractivity contribution is -0.148. The van der Waals surface area contributed by atoms with Gasteiger partial charge in [-0.1, -0.05) is 30.3 Å². The molecule has 0 bridgehead atoms. The Morgan fingerprint density at radius 3 is 2.43 bits per heavy atom. The summed E-state index contributed by atoms with van der Waals surface area (Å²) >= 11 is 0. The molecule has 1 amide bonds. The Morgan fingerprint density at radius 1 is 0.933 bits per heavy atom. The summed E-state index contributed by atoms with van der Waals surface area (Å²) in [6.45, 7) is 1.51. The monoisotopic (exact) mass is 405 g/mol. The number of hydrogen-bond donors (Lipinski definition) is 1. The van der Waals surface area contributed by atoms with Gasteiger partial charge in [-0.05, 0) is 59.7 Å². The molecule has 30 heavy (non-hydrogen) atoms. The van der Waals surface area contributed by atoms with E-state index in [1.807, 2.05) is 36.4 Å². The molecule has 6 heteroatoms. The number of methoxy groups -OCH3 is 2. The van der Waals surface area contributed by atoms with Crippen molar-refractivity contribution in [1.82, 2.24) is 0 Å². The van der Waals surface area contributed by atoms with Crippen molar-refractivity contribution in [3.8, 4) is 11.5 Å². The topological polar surface area (TPSA) is 73.9 Å². The third kappa shape index (κ3) is 5.17. The second kappa shape index (κ2) is 9.60. The van der Waals surface area contributed by atoms with Crippen LogP contribution in [0.25, 0.3) is 16.8 Å². The summed E-state index contributed by atoms with van der Waals surface area (Å²) in [6.07, 6.45) is 1.99. The van der Waals surface area contributed by atoms with E-state index in [9.17, 15) is 9.59 Å². The van der Waals surface area contributed by atoms with E-state index in [-0.39, 0.29) is 0 Å². The van der Waals surface area contributed by atoms with Gasteiger partial charge in [0, 0.05) is 6.08 Å². The van der Waals surface area contributed by atoms with Gasteiger partial charge in [0.2, 0.25) is 0 Å². The Hall–Kier alpha value is -3.80. The van der Waals surface area contributed by atoms with Crippen molar-refractivity contribution in [3.63, 3.8) is 0 Å². The van der Waals surface area contributed by atoms with Crippen LogP contribution in [-0.2, 0) is 14.3 Å². The van der Waals surface area contributed by atoms with E-state index in [0.717, 1.165) is 22.1 Å². The average molecular weight is 405 g/mol. The van der Waals surface area contributed by atoms with Crippen molar-refractivity contribution in [3.05, 3.63) is 72.3 Å². The molecule has 1 atom stereocenters. The molecule has 0 fully saturated rings. The third-order valence-corrected chi connectivity index (χ3v) is 4.51. The molecule has 1 N–H and O–H groups in total. The number of esters is 1. The van der Waals surface area contributed by atoms with Crippen molar-refractivity contribution in [2.75, 3.05) is 19.5 Å². The van der Waals surface area contributed by atoms with Crippen LogP contribution in [0, 0.1) is 0 Å². The van der Waals surface area contributed by atoms with E-state index in [1.54, 1.807) is 37.5 Å². The Bertz CT molecular complexity index is 1090. The van der Waals surface area contributed by atoms with Crippen LogP contribution in [0.3, 0.4) is 0 Å². The Kier molecular flexibility index (Phi) is 6.70. The van der Waals surface area contributed by atoms with Crippen molar-refractivity contribution in [1.29, 1.82) is 0 Å². The molecule has 0 saturated heterocycles. The van der Waals surface area contributed by atoms with Gasteiger partial charge >= 0.3 is 5.97 Å². The van der Waals surface area contributed by atoms with Crippen LogP contribution in [0.2, 0.25) is 0 Å². The highest BCUT2D eigenvalue weighted by atomic mass is 16.5. The smallest absolute Gasteiger partial charge is 0.331 e. The van der Waals surface area contributed by atoms with Crippen LogP contribution in [0.1, 0.15) is 12.5 Å². The molecule has 3 aromatic rings. The third-order valence-electron chi connectivity index (χ3n) is 4.51. The molecule has 0 saturated carbocycles. The molecule has 0 radical (unpaired) electrons. The Morgan fingerprint density at radius 2 is 1.67 bits per heavy atom. The number of rotatable bonds is 7. The number of amides is 1. The van der Waals surface area contributed by atoms with E-state index >= 15 is 0 Å². The van der Waals surface area contributed by atoms with E-state index < -0.39 is 18.0 Å². The molecule has 0 heterocycles. The summed E-state index contributed by atoms with van der Waals surface area (Å²) in [6, 6.07) is 18.6. The van der Waals surface area contributed by atoms with Crippen molar-refractivity contribution >= 4 is 34.4 Å². The number of hydrogen-bond acceptors (Lipinski definition) is 5. The van der Waals surface area contributed by atoms with Gasteiger partial charge in [-0.2, -0.15) is 0 Å². The highest BCUT2D eigenvalue weighted by Gasteiger charge is 2.18. The molecule has 154 valence electrons. The summed E-state index contributed by atoms with van der Waals surface area (Å²) in [5.41, 5.74) is 1.35. The molecule has 6 nitrogen and oxygen atoms in total. The van der Waals surface area contributed by atoms with Crippen molar-refractivity contribution in [2.24, 2.45) is 0 Å². The molecule has 0 aliphatic rings. The number of benzene rings is 3. The zero-order valence-electron chi connectivity index (χ0n) is 17.0. The lowest BCUT2D eigenvalue weighted by Gasteiger charge is -2.14. The van der Waals surface area contributed by atoms with E-state index in [4.69, 9.17) is 14.2 Å². The van der Waals surface area contributed by atoms with Gasteiger partial charge in [0.05, 0.1) is 19.9 Å².